The molecule has 0 aromatic heterocycles. The van der Waals surface area contributed by atoms with Gasteiger partial charge in [0.05, 0.1) is 6.10 Å². The summed E-state index contributed by atoms with van der Waals surface area (Å²) in [5, 5.41) is 18.3. The van der Waals surface area contributed by atoms with Gasteiger partial charge in [-0.3, -0.25) is 0 Å². The van der Waals surface area contributed by atoms with E-state index in [1.54, 1.807) is 13.8 Å². The largest absolute Gasteiger partial charge is 0.390 e. The Kier molecular flexibility index (Phi) is 2.40. The van der Waals surface area contributed by atoms with Crippen LogP contribution in [-0.2, 0) is 0 Å². The first-order valence-electron chi connectivity index (χ1n) is 2.95. The molecule has 0 saturated carbocycles. The van der Waals surface area contributed by atoms with Crippen LogP contribution in [0.2, 0.25) is 0 Å². The molecule has 0 aliphatic rings. The molecule has 9 heavy (non-hydrogen) atoms. The highest BCUT2D eigenvalue weighted by atomic mass is 16.3. The summed E-state index contributed by atoms with van der Waals surface area (Å²) in [6, 6.07) is 0. The Labute approximate surface area is 55.8 Å². The topological polar surface area (TPSA) is 40.5 Å². The van der Waals surface area contributed by atoms with Gasteiger partial charge in [-0.05, 0) is 26.3 Å². The van der Waals surface area contributed by atoms with Gasteiger partial charge in [-0.1, -0.05) is 6.58 Å². The zero-order valence-corrected chi connectivity index (χ0v) is 6.18. The molecule has 0 fully saturated rings. The molecule has 0 rings (SSSR count). The molecule has 54 valence electrons. The average molecular weight is 130 g/mol. The van der Waals surface area contributed by atoms with Gasteiger partial charge in [0.1, 0.15) is 5.60 Å². The highest BCUT2D eigenvalue weighted by molar-refractivity contribution is 5.09. The minimum Gasteiger partial charge on any atom is -0.390 e. The van der Waals surface area contributed by atoms with E-state index < -0.39 is 11.7 Å². The second-order valence-electron chi connectivity index (χ2n) is 2.60. The van der Waals surface area contributed by atoms with Crippen LogP contribution in [-0.4, -0.2) is 21.9 Å². The van der Waals surface area contributed by atoms with Crippen molar-refractivity contribution in [1.29, 1.82) is 0 Å². The first kappa shape index (κ1) is 8.66. The van der Waals surface area contributed by atoms with Crippen molar-refractivity contribution in [2.24, 2.45) is 0 Å². The van der Waals surface area contributed by atoms with Crippen LogP contribution in [0.1, 0.15) is 20.8 Å². The number of aliphatic hydroxyl groups is 2. The number of aliphatic hydroxyl groups excluding tert-OH is 1. The van der Waals surface area contributed by atoms with Crippen molar-refractivity contribution < 1.29 is 10.2 Å². The Hall–Kier alpha value is -0.340. The zero-order chi connectivity index (χ0) is 7.65. The van der Waals surface area contributed by atoms with E-state index in [1.165, 1.54) is 6.92 Å². The highest BCUT2D eigenvalue weighted by Gasteiger charge is 2.26. The molecule has 0 unspecified atom stereocenters. The molecule has 0 aliphatic carbocycles. The van der Waals surface area contributed by atoms with E-state index in [0.717, 1.165) is 0 Å². The van der Waals surface area contributed by atoms with Gasteiger partial charge in [0.25, 0.3) is 0 Å². The lowest BCUT2D eigenvalue weighted by atomic mass is 9.93. The zero-order valence-electron chi connectivity index (χ0n) is 6.18. The van der Waals surface area contributed by atoms with Crippen LogP contribution >= 0.6 is 0 Å². The lowest BCUT2D eigenvalue weighted by molar-refractivity contribution is -0.0235. The first-order valence-corrected chi connectivity index (χ1v) is 2.95. The van der Waals surface area contributed by atoms with Crippen molar-refractivity contribution in [2.45, 2.75) is 32.5 Å². The summed E-state index contributed by atoms with van der Waals surface area (Å²) in [5.41, 5.74) is -0.558. The standard InChI is InChI=1S/C7H14O2/c1-5(2)7(4,9)6(3)8/h6,8-9H,1H2,2-4H3/t6-,7-/m1/s1. The van der Waals surface area contributed by atoms with E-state index in [4.69, 9.17) is 5.11 Å². The molecule has 0 heterocycles. The van der Waals surface area contributed by atoms with E-state index in [9.17, 15) is 5.11 Å². The van der Waals surface area contributed by atoms with Gasteiger partial charge in [0.2, 0.25) is 0 Å². The Bertz CT molecular complexity index is 114. The number of rotatable bonds is 2. The van der Waals surface area contributed by atoms with Crippen LogP contribution < -0.4 is 0 Å². The monoisotopic (exact) mass is 130 g/mol. The van der Waals surface area contributed by atoms with E-state index in [0.29, 0.717) is 5.57 Å². The van der Waals surface area contributed by atoms with E-state index in [-0.39, 0.29) is 0 Å². The van der Waals surface area contributed by atoms with Crippen molar-refractivity contribution in [1.82, 2.24) is 0 Å². The third kappa shape index (κ3) is 1.80. The van der Waals surface area contributed by atoms with Crippen LogP contribution in [0.5, 0.6) is 0 Å². The lowest BCUT2D eigenvalue weighted by Crippen LogP contribution is -2.37. The summed E-state index contributed by atoms with van der Waals surface area (Å²) in [6.07, 6.45) is -0.755. The minimum absolute atomic E-state index is 0.581. The maximum Gasteiger partial charge on any atom is 0.108 e. The molecule has 0 bridgehead atoms. The molecule has 0 aromatic rings. The summed E-state index contributed by atoms with van der Waals surface area (Å²) in [6.45, 7) is 8.30. The second kappa shape index (κ2) is 2.50. The third-order valence-corrected chi connectivity index (χ3v) is 1.68. The Morgan fingerprint density at radius 2 is 2.00 bits per heavy atom. The number of hydrogen-bond donors (Lipinski definition) is 2. The van der Waals surface area contributed by atoms with Crippen molar-refractivity contribution in [2.75, 3.05) is 0 Å². The molecule has 0 saturated heterocycles. The normalized spacial score (nSPS) is 20.6. The minimum atomic E-state index is -1.14. The van der Waals surface area contributed by atoms with Crippen molar-refractivity contribution in [3.63, 3.8) is 0 Å². The Morgan fingerprint density at radius 1 is 1.67 bits per heavy atom. The summed E-state index contributed by atoms with van der Waals surface area (Å²) in [4.78, 5) is 0. The van der Waals surface area contributed by atoms with Gasteiger partial charge < -0.3 is 10.2 Å². The van der Waals surface area contributed by atoms with Crippen LogP contribution in [0.4, 0.5) is 0 Å². The smallest absolute Gasteiger partial charge is 0.108 e. The van der Waals surface area contributed by atoms with Gasteiger partial charge in [0, 0.05) is 0 Å². The van der Waals surface area contributed by atoms with Crippen molar-refractivity contribution >= 4 is 0 Å². The van der Waals surface area contributed by atoms with Crippen LogP contribution in [0.25, 0.3) is 0 Å². The Morgan fingerprint density at radius 3 is 2.00 bits per heavy atom. The molecule has 2 nitrogen and oxygen atoms in total. The maximum atomic E-state index is 9.32. The third-order valence-electron chi connectivity index (χ3n) is 1.68. The summed E-state index contributed by atoms with van der Waals surface area (Å²) >= 11 is 0. The highest BCUT2D eigenvalue weighted by Crippen LogP contribution is 2.17. The fourth-order valence-corrected chi connectivity index (χ4v) is 0.357. The van der Waals surface area contributed by atoms with Gasteiger partial charge in [0.15, 0.2) is 0 Å². The summed E-state index contributed by atoms with van der Waals surface area (Å²) < 4.78 is 0. The maximum absolute atomic E-state index is 9.32. The fourth-order valence-electron chi connectivity index (χ4n) is 0.357. The quantitative estimate of drug-likeness (QED) is 0.540. The van der Waals surface area contributed by atoms with Crippen LogP contribution in [0.3, 0.4) is 0 Å². The van der Waals surface area contributed by atoms with Gasteiger partial charge in [-0.2, -0.15) is 0 Å². The lowest BCUT2D eigenvalue weighted by Gasteiger charge is -2.26. The van der Waals surface area contributed by atoms with Crippen molar-refractivity contribution in [3.8, 4) is 0 Å². The Balaban J connectivity index is 4.19. The molecule has 0 spiro atoms. The van der Waals surface area contributed by atoms with Gasteiger partial charge in [-0.15, -0.1) is 0 Å². The molecule has 0 radical (unpaired) electrons. The first-order chi connectivity index (χ1) is 3.89. The summed E-state index contributed by atoms with van der Waals surface area (Å²) in [7, 11) is 0. The SMILES string of the molecule is C=C(C)[C@@](C)(O)[C@@H](C)O. The number of hydrogen-bond acceptors (Lipinski definition) is 2. The van der Waals surface area contributed by atoms with Crippen LogP contribution in [0, 0.1) is 0 Å². The van der Waals surface area contributed by atoms with Crippen LogP contribution in [0.15, 0.2) is 12.2 Å². The van der Waals surface area contributed by atoms with Crippen molar-refractivity contribution in [3.05, 3.63) is 12.2 Å². The molecule has 0 aliphatic heterocycles. The average Bonchev–Trinajstić information content (AvgIpc) is 1.65. The molecule has 2 N–H and O–H groups in total. The fraction of sp³-hybridized carbons (Fsp3) is 0.714. The second-order valence-corrected chi connectivity index (χ2v) is 2.60. The van der Waals surface area contributed by atoms with E-state index in [2.05, 4.69) is 6.58 Å². The predicted octanol–water partition coefficient (Wildman–Crippen LogP) is 0.694. The summed E-state index contributed by atoms with van der Waals surface area (Å²) in [5.74, 6) is 0. The van der Waals surface area contributed by atoms with E-state index in [1.807, 2.05) is 0 Å². The molecule has 0 aromatic carbocycles. The predicted molar refractivity (Wildman–Crippen MR) is 37.1 cm³/mol. The van der Waals surface area contributed by atoms with E-state index >= 15 is 0 Å². The van der Waals surface area contributed by atoms with Gasteiger partial charge >= 0.3 is 0 Å². The molecule has 2 atom stereocenters. The van der Waals surface area contributed by atoms with Gasteiger partial charge in [-0.25, -0.2) is 0 Å². The molecule has 2 heteroatoms. The molecular weight excluding hydrogens is 116 g/mol. The molecule has 0 amide bonds. The molecular formula is C7H14O2.